The lowest BCUT2D eigenvalue weighted by atomic mass is 9.85. The maximum absolute atomic E-state index is 6.90. The highest BCUT2D eigenvalue weighted by atomic mass is 16.5. The third-order valence-corrected chi connectivity index (χ3v) is 7.65. The zero-order valence-corrected chi connectivity index (χ0v) is 19.7. The summed E-state index contributed by atoms with van der Waals surface area (Å²) in [5.41, 5.74) is 10.0. The van der Waals surface area contributed by atoms with Crippen molar-refractivity contribution in [3.63, 3.8) is 0 Å². The molecular formula is C29H37NO. The maximum Gasteiger partial charge on any atom is 0.140 e. The Morgan fingerprint density at radius 2 is 1.71 bits per heavy atom. The second-order valence-corrected chi connectivity index (χ2v) is 9.74. The summed E-state index contributed by atoms with van der Waals surface area (Å²) in [5.74, 6) is 2.25. The van der Waals surface area contributed by atoms with E-state index in [-0.39, 0.29) is 0 Å². The van der Waals surface area contributed by atoms with Crippen LogP contribution in [0.15, 0.2) is 12.1 Å². The van der Waals surface area contributed by atoms with E-state index in [1.54, 1.807) is 0 Å². The summed E-state index contributed by atoms with van der Waals surface area (Å²) in [7, 11) is 0. The zero-order chi connectivity index (χ0) is 21.5. The third kappa shape index (κ3) is 3.39. The molecule has 3 aliphatic rings. The first-order chi connectivity index (χ1) is 15.1. The van der Waals surface area contributed by atoms with Crippen molar-refractivity contribution in [3.05, 3.63) is 50.4 Å². The maximum atomic E-state index is 6.90. The van der Waals surface area contributed by atoms with Crippen LogP contribution in [0.5, 0.6) is 11.5 Å². The van der Waals surface area contributed by atoms with Gasteiger partial charge in [-0.25, -0.2) is 0 Å². The highest BCUT2D eigenvalue weighted by Crippen LogP contribution is 2.47. The lowest BCUT2D eigenvalue weighted by Crippen LogP contribution is -2.35. The molecule has 3 heterocycles. The van der Waals surface area contributed by atoms with Gasteiger partial charge in [0.15, 0.2) is 0 Å². The number of nitrogens with zero attached hydrogens (tertiary/aromatic N) is 1. The van der Waals surface area contributed by atoms with E-state index in [1.807, 2.05) is 0 Å². The summed E-state index contributed by atoms with van der Waals surface area (Å²) >= 11 is 0. The van der Waals surface area contributed by atoms with Crippen LogP contribution in [0.25, 0.3) is 12.2 Å². The van der Waals surface area contributed by atoms with E-state index >= 15 is 0 Å². The summed E-state index contributed by atoms with van der Waals surface area (Å²) in [6.45, 7) is 13.8. The van der Waals surface area contributed by atoms with E-state index in [0.29, 0.717) is 0 Å². The molecule has 0 amide bonds. The number of rotatable bonds is 6. The minimum Gasteiger partial charge on any atom is -0.455 e. The molecule has 0 radical (unpaired) electrons. The van der Waals surface area contributed by atoms with Gasteiger partial charge >= 0.3 is 0 Å². The Morgan fingerprint density at radius 3 is 2.48 bits per heavy atom. The summed E-state index contributed by atoms with van der Waals surface area (Å²) in [6, 6.07) is 4.86. The zero-order valence-electron chi connectivity index (χ0n) is 19.7. The fourth-order valence-corrected chi connectivity index (χ4v) is 5.90. The van der Waals surface area contributed by atoms with Crippen molar-refractivity contribution in [2.24, 2.45) is 0 Å². The molecule has 0 aromatic heterocycles. The highest BCUT2D eigenvalue weighted by molar-refractivity contribution is 5.81. The number of hydrogen-bond donors (Lipinski definition) is 0. The van der Waals surface area contributed by atoms with Crippen molar-refractivity contribution in [2.45, 2.75) is 85.0 Å². The molecule has 0 N–H and O–H groups in total. The second-order valence-electron chi connectivity index (χ2n) is 9.74. The van der Waals surface area contributed by atoms with Crippen molar-refractivity contribution < 1.29 is 4.74 Å². The quantitative estimate of drug-likeness (QED) is 0.591. The number of hydrogen-bond acceptors (Lipinski definition) is 2. The number of anilines is 1. The molecule has 0 bridgehead atoms. The molecule has 2 aromatic rings. The van der Waals surface area contributed by atoms with E-state index in [4.69, 9.17) is 4.74 Å². The average molecular weight is 416 g/mol. The van der Waals surface area contributed by atoms with Gasteiger partial charge in [0.2, 0.25) is 0 Å². The first kappa shape index (κ1) is 20.7. The van der Waals surface area contributed by atoms with Gasteiger partial charge in [0.05, 0.1) is 0 Å². The fourth-order valence-electron chi connectivity index (χ4n) is 5.90. The molecule has 5 rings (SSSR count). The summed E-state index contributed by atoms with van der Waals surface area (Å²) in [4.78, 5) is 2.62. The summed E-state index contributed by atoms with van der Waals surface area (Å²) in [5, 5.41) is 2.54. The van der Waals surface area contributed by atoms with E-state index in [9.17, 15) is 0 Å². The smallest absolute Gasteiger partial charge is 0.140 e. The van der Waals surface area contributed by atoms with Gasteiger partial charge in [-0.3, -0.25) is 0 Å². The first-order valence-corrected chi connectivity index (χ1v) is 12.6. The number of unbranched alkanes of at least 4 members (excludes halogenated alkanes) is 2. The van der Waals surface area contributed by atoms with E-state index < -0.39 is 0 Å². The average Bonchev–Trinajstić information content (AvgIpc) is 2.79. The Hall–Kier alpha value is -2.22. The molecule has 0 saturated heterocycles. The van der Waals surface area contributed by atoms with Crippen molar-refractivity contribution >= 4 is 17.8 Å². The van der Waals surface area contributed by atoms with Crippen LogP contribution in [0.2, 0.25) is 0 Å². The van der Waals surface area contributed by atoms with Crippen molar-refractivity contribution in [1.29, 1.82) is 0 Å². The molecule has 2 nitrogen and oxygen atoms in total. The third-order valence-electron chi connectivity index (χ3n) is 7.65. The Bertz CT molecular complexity index is 1120. The van der Waals surface area contributed by atoms with Crippen LogP contribution in [0.1, 0.15) is 87.1 Å². The minimum atomic E-state index is 1.06. The van der Waals surface area contributed by atoms with E-state index in [2.05, 4.69) is 44.4 Å². The molecule has 0 unspecified atom stereocenters. The number of benzene rings is 2. The van der Waals surface area contributed by atoms with E-state index in [0.717, 1.165) is 30.8 Å². The Morgan fingerprint density at radius 1 is 0.968 bits per heavy atom. The van der Waals surface area contributed by atoms with Crippen LogP contribution in [-0.4, -0.2) is 13.1 Å². The molecule has 2 heteroatoms. The highest BCUT2D eigenvalue weighted by Gasteiger charge is 2.31. The minimum absolute atomic E-state index is 1.06. The van der Waals surface area contributed by atoms with Crippen LogP contribution < -0.4 is 20.1 Å². The molecule has 0 saturated carbocycles. The molecular weight excluding hydrogens is 378 g/mol. The van der Waals surface area contributed by atoms with Crippen molar-refractivity contribution in [1.82, 2.24) is 0 Å². The van der Waals surface area contributed by atoms with Gasteiger partial charge in [-0.2, -0.15) is 0 Å². The van der Waals surface area contributed by atoms with Crippen LogP contribution in [0, 0.1) is 0 Å². The number of fused-ring (bicyclic) bond motifs is 3. The Kier molecular flexibility index (Phi) is 5.58. The van der Waals surface area contributed by atoms with Gasteiger partial charge in [-0.1, -0.05) is 33.3 Å². The number of ether oxygens (including phenoxy) is 1. The Balaban J connectivity index is 1.75. The van der Waals surface area contributed by atoms with Gasteiger partial charge in [0.1, 0.15) is 11.5 Å². The molecule has 3 aliphatic heterocycles. The molecule has 31 heavy (non-hydrogen) atoms. The molecule has 0 spiro atoms. The number of aryl methyl sites for hydroxylation is 2. The van der Waals surface area contributed by atoms with Gasteiger partial charge in [-0.15, -0.1) is 0 Å². The molecule has 164 valence electrons. The second kappa shape index (κ2) is 8.37. The monoisotopic (exact) mass is 415 g/mol. The van der Waals surface area contributed by atoms with Crippen LogP contribution >= 0.6 is 0 Å². The first-order valence-electron chi connectivity index (χ1n) is 12.6. The van der Waals surface area contributed by atoms with Crippen molar-refractivity contribution in [2.75, 3.05) is 18.0 Å². The Labute approximate surface area is 187 Å². The molecule has 0 atom stereocenters. The van der Waals surface area contributed by atoms with Crippen LogP contribution in [0.4, 0.5) is 5.69 Å². The normalized spacial score (nSPS) is 16.5. The predicted molar refractivity (Wildman–Crippen MR) is 132 cm³/mol. The van der Waals surface area contributed by atoms with Crippen LogP contribution in [-0.2, 0) is 25.7 Å². The molecule has 0 fully saturated rings. The van der Waals surface area contributed by atoms with Gasteiger partial charge in [0, 0.05) is 40.7 Å². The standard InChI is InChI=1S/C29H37NO/c1-5-7-11-21-17-25-20(4)26-18-22-12-9-15-30-16-10-14-24(27(22)30)29(26)31-28(25)23(19(21)3)13-8-6-2/h17-18H,3,5-16H2,1-2,4H3. The largest absolute Gasteiger partial charge is 0.455 e. The fraction of sp³-hybridized carbons (Fsp3) is 0.517. The lowest BCUT2D eigenvalue weighted by Gasteiger charge is -2.39. The summed E-state index contributed by atoms with van der Waals surface area (Å²) < 4.78 is 6.90. The lowest BCUT2D eigenvalue weighted by molar-refractivity contribution is 0.452. The SMILES string of the molecule is C=c1c(CCCC)cc2c(c1CCCC)Oc1c(cc3c4c1CCCN4CCC3)C=2C. The molecule has 0 aliphatic carbocycles. The topological polar surface area (TPSA) is 12.5 Å². The van der Waals surface area contributed by atoms with Crippen LogP contribution in [0.3, 0.4) is 0 Å². The van der Waals surface area contributed by atoms with Gasteiger partial charge < -0.3 is 9.64 Å². The molecule has 2 aromatic carbocycles. The van der Waals surface area contributed by atoms with Gasteiger partial charge in [-0.05, 0) is 92.3 Å². The van der Waals surface area contributed by atoms with Crippen molar-refractivity contribution in [3.8, 4) is 11.5 Å². The summed E-state index contributed by atoms with van der Waals surface area (Å²) in [6.07, 6.45) is 11.8. The van der Waals surface area contributed by atoms with Gasteiger partial charge in [0.25, 0.3) is 0 Å². The van der Waals surface area contributed by atoms with E-state index in [1.165, 1.54) is 108 Å². The predicted octanol–water partition coefficient (Wildman–Crippen LogP) is 5.81.